The molecule has 0 atom stereocenters. The molecule has 1 aromatic heterocycles. The normalized spacial score (nSPS) is 10.2. The molecule has 0 unspecified atom stereocenters. The first-order valence-corrected chi connectivity index (χ1v) is 6.96. The summed E-state index contributed by atoms with van der Waals surface area (Å²) in [7, 11) is 1.79. The van der Waals surface area contributed by atoms with E-state index in [0.29, 0.717) is 12.5 Å². The fourth-order valence-electron chi connectivity index (χ4n) is 1.44. The van der Waals surface area contributed by atoms with E-state index in [2.05, 4.69) is 64.6 Å². The van der Waals surface area contributed by atoms with E-state index in [-0.39, 0.29) is 0 Å². The predicted octanol–water partition coefficient (Wildman–Crippen LogP) is 3.66. The Morgan fingerprint density at radius 2 is 2.11 bits per heavy atom. The lowest BCUT2D eigenvalue weighted by Crippen LogP contribution is -2.05. The molecule has 2 aromatic rings. The standard InChI is InChI=1S/C12H12Br2N4/c1-15-12-17-7-10(14)11(18-12)16-6-8-3-2-4-9(13)5-8/h2-5,7H,6H2,1H3,(H2,15,16,17,18). The van der Waals surface area contributed by atoms with Crippen LogP contribution in [0.1, 0.15) is 5.56 Å². The summed E-state index contributed by atoms with van der Waals surface area (Å²) < 4.78 is 1.91. The highest BCUT2D eigenvalue weighted by Crippen LogP contribution is 2.21. The van der Waals surface area contributed by atoms with E-state index in [4.69, 9.17) is 0 Å². The molecule has 4 nitrogen and oxygen atoms in total. The topological polar surface area (TPSA) is 49.8 Å². The van der Waals surface area contributed by atoms with Gasteiger partial charge in [-0.15, -0.1) is 0 Å². The minimum absolute atomic E-state index is 0.593. The maximum Gasteiger partial charge on any atom is 0.224 e. The van der Waals surface area contributed by atoms with Crippen LogP contribution in [0.15, 0.2) is 39.4 Å². The van der Waals surface area contributed by atoms with E-state index in [0.717, 1.165) is 14.8 Å². The summed E-state index contributed by atoms with van der Waals surface area (Å²) in [6.45, 7) is 0.707. The van der Waals surface area contributed by atoms with E-state index in [1.807, 2.05) is 12.1 Å². The summed E-state index contributed by atoms with van der Waals surface area (Å²) in [5.74, 6) is 1.37. The van der Waals surface area contributed by atoms with Crippen molar-refractivity contribution in [3.63, 3.8) is 0 Å². The van der Waals surface area contributed by atoms with Gasteiger partial charge in [-0.1, -0.05) is 28.1 Å². The molecule has 0 radical (unpaired) electrons. The number of anilines is 2. The summed E-state index contributed by atoms with van der Waals surface area (Å²) in [5, 5.41) is 6.18. The Labute approximate surface area is 122 Å². The summed E-state index contributed by atoms with van der Waals surface area (Å²) >= 11 is 6.88. The molecule has 1 aromatic carbocycles. The van der Waals surface area contributed by atoms with Crippen LogP contribution in [0.4, 0.5) is 11.8 Å². The van der Waals surface area contributed by atoms with Crippen molar-refractivity contribution in [2.45, 2.75) is 6.54 Å². The molecule has 0 saturated carbocycles. The number of nitrogens with zero attached hydrogens (tertiary/aromatic N) is 2. The van der Waals surface area contributed by atoms with Crippen molar-refractivity contribution in [3.05, 3.63) is 45.0 Å². The molecule has 0 spiro atoms. The molecule has 1 heterocycles. The lowest BCUT2D eigenvalue weighted by molar-refractivity contribution is 1.07. The first kappa shape index (κ1) is 13.3. The van der Waals surface area contributed by atoms with Gasteiger partial charge in [0.2, 0.25) is 5.95 Å². The minimum atomic E-state index is 0.593. The van der Waals surface area contributed by atoms with Gasteiger partial charge in [-0.2, -0.15) is 4.98 Å². The molecular weight excluding hydrogens is 360 g/mol. The maximum absolute atomic E-state index is 4.34. The summed E-state index contributed by atoms with van der Waals surface area (Å²) in [5.41, 5.74) is 1.18. The van der Waals surface area contributed by atoms with Gasteiger partial charge in [0.15, 0.2) is 0 Å². The van der Waals surface area contributed by atoms with E-state index >= 15 is 0 Å². The van der Waals surface area contributed by atoms with Gasteiger partial charge in [0.25, 0.3) is 0 Å². The average molecular weight is 372 g/mol. The molecular formula is C12H12Br2N4. The summed E-state index contributed by atoms with van der Waals surface area (Å²) in [6, 6.07) is 8.14. The van der Waals surface area contributed by atoms with Crippen molar-refractivity contribution < 1.29 is 0 Å². The lowest BCUT2D eigenvalue weighted by Gasteiger charge is -2.09. The SMILES string of the molecule is CNc1ncc(Br)c(NCc2cccc(Br)c2)n1. The zero-order chi connectivity index (χ0) is 13.0. The number of halogens is 2. The number of nitrogens with one attached hydrogen (secondary N) is 2. The fourth-order valence-corrected chi connectivity index (χ4v) is 2.22. The van der Waals surface area contributed by atoms with Gasteiger partial charge in [-0.3, -0.25) is 0 Å². The first-order valence-electron chi connectivity index (χ1n) is 5.37. The van der Waals surface area contributed by atoms with Gasteiger partial charge in [0.05, 0.1) is 4.47 Å². The maximum atomic E-state index is 4.34. The molecule has 2 N–H and O–H groups in total. The van der Waals surface area contributed by atoms with Gasteiger partial charge < -0.3 is 10.6 Å². The van der Waals surface area contributed by atoms with Crippen LogP contribution < -0.4 is 10.6 Å². The number of aromatic nitrogens is 2. The van der Waals surface area contributed by atoms with Crippen LogP contribution >= 0.6 is 31.9 Å². The highest BCUT2D eigenvalue weighted by Gasteiger charge is 2.04. The first-order chi connectivity index (χ1) is 8.69. The van der Waals surface area contributed by atoms with Crippen LogP contribution in [0.3, 0.4) is 0 Å². The van der Waals surface area contributed by atoms with Gasteiger partial charge in [0.1, 0.15) is 5.82 Å². The van der Waals surface area contributed by atoms with Crippen LogP contribution in [0.25, 0.3) is 0 Å². The Hall–Kier alpha value is -1.14. The zero-order valence-corrected chi connectivity index (χ0v) is 12.9. The van der Waals surface area contributed by atoms with Crippen molar-refractivity contribution in [2.75, 3.05) is 17.7 Å². The number of benzene rings is 1. The van der Waals surface area contributed by atoms with E-state index in [9.17, 15) is 0 Å². The number of rotatable bonds is 4. The van der Waals surface area contributed by atoms with Crippen LogP contribution in [0, 0.1) is 0 Å². The largest absolute Gasteiger partial charge is 0.365 e. The Bertz CT molecular complexity index is 545. The van der Waals surface area contributed by atoms with Crippen molar-refractivity contribution in [1.29, 1.82) is 0 Å². The van der Waals surface area contributed by atoms with Crippen molar-refractivity contribution in [3.8, 4) is 0 Å². The number of hydrogen-bond donors (Lipinski definition) is 2. The summed E-state index contributed by atoms with van der Waals surface area (Å²) in [4.78, 5) is 8.45. The van der Waals surface area contributed by atoms with E-state index in [1.54, 1.807) is 13.2 Å². The highest BCUT2D eigenvalue weighted by molar-refractivity contribution is 9.10. The van der Waals surface area contributed by atoms with Crippen LogP contribution in [-0.2, 0) is 6.54 Å². The second kappa shape index (κ2) is 6.15. The summed E-state index contributed by atoms with van der Waals surface area (Å²) in [6.07, 6.45) is 1.72. The number of hydrogen-bond acceptors (Lipinski definition) is 4. The minimum Gasteiger partial charge on any atom is -0.365 e. The Morgan fingerprint density at radius 1 is 1.28 bits per heavy atom. The van der Waals surface area contributed by atoms with E-state index < -0.39 is 0 Å². The molecule has 0 fully saturated rings. The Kier molecular flexibility index (Phi) is 4.54. The highest BCUT2D eigenvalue weighted by atomic mass is 79.9. The van der Waals surface area contributed by atoms with Gasteiger partial charge in [-0.05, 0) is 33.6 Å². The second-order valence-electron chi connectivity index (χ2n) is 3.62. The third-order valence-electron chi connectivity index (χ3n) is 2.32. The van der Waals surface area contributed by atoms with Crippen molar-refractivity contribution in [2.24, 2.45) is 0 Å². The predicted molar refractivity (Wildman–Crippen MR) is 80.7 cm³/mol. The molecule has 0 saturated heterocycles. The third kappa shape index (κ3) is 3.43. The van der Waals surface area contributed by atoms with Crippen LogP contribution in [0.2, 0.25) is 0 Å². The quantitative estimate of drug-likeness (QED) is 0.861. The van der Waals surface area contributed by atoms with Crippen LogP contribution in [-0.4, -0.2) is 17.0 Å². The fraction of sp³-hybridized carbons (Fsp3) is 0.167. The van der Waals surface area contributed by atoms with Gasteiger partial charge in [0, 0.05) is 24.3 Å². The third-order valence-corrected chi connectivity index (χ3v) is 3.39. The second-order valence-corrected chi connectivity index (χ2v) is 5.39. The Morgan fingerprint density at radius 3 is 2.83 bits per heavy atom. The van der Waals surface area contributed by atoms with Gasteiger partial charge in [-0.25, -0.2) is 4.98 Å². The smallest absolute Gasteiger partial charge is 0.224 e. The Balaban J connectivity index is 2.10. The van der Waals surface area contributed by atoms with Gasteiger partial charge >= 0.3 is 0 Å². The van der Waals surface area contributed by atoms with Crippen molar-refractivity contribution in [1.82, 2.24) is 9.97 Å². The molecule has 94 valence electrons. The van der Waals surface area contributed by atoms with Crippen molar-refractivity contribution >= 4 is 43.6 Å². The lowest BCUT2D eigenvalue weighted by atomic mass is 10.2. The average Bonchev–Trinajstić information content (AvgIpc) is 2.38. The monoisotopic (exact) mass is 370 g/mol. The molecule has 0 aliphatic carbocycles. The molecule has 0 aliphatic rings. The zero-order valence-electron chi connectivity index (χ0n) is 9.74. The van der Waals surface area contributed by atoms with Crippen LogP contribution in [0.5, 0.6) is 0 Å². The molecule has 0 bridgehead atoms. The molecule has 18 heavy (non-hydrogen) atoms. The van der Waals surface area contributed by atoms with E-state index in [1.165, 1.54) is 5.56 Å². The molecule has 2 rings (SSSR count). The molecule has 0 aliphatic heterocycles. The molecule has 6 heteroatoms. The molecule has 0 amide bonds.